The topological polar surface area (TPSA) is 12.9 Å². The van der Waals surface area contributed by atoms with E-state index in [1.165, 1.54) is 12.1 Å². The smallest absolute Gasteiger partial charge is 0.251 e. The highest BCUT2D eigenvalue weighted by atomic mass is 35.5. The fraction of sp³-hybridized carbons (Fsp3) is 0.222. The molecule has 0 saturated heterocycles. The Morgan fingerprint density at radius 3 is 2.71 bits per heavy atom. The Morgan fingerprint density at radius 1 is 1.43 bits per heavy atom. The van der Waals surface area contributed by atoms with Gasteiger partial charge in [-0.15, -0.1) is 11.6 Å². The molecule has 5 heteroatoms. The molecule has 0 N–H and O–H groups in total. The van der Waals surface area contributed by atoms with E-state index in [4.69, 9.17) is 11.6 Å². The second-order valence-electron chi connectivity index (χ2n) is 2.33. The van der Waals surface area contributed by atoms with E-state index in [9.17, 15) is 13.2 Å². The normalized spacial score (nSPS) is 10.6. The molecule has 0 saturated carbocycles. The number of halogens is 4. The molecule has 0 bridgehead atoms. The molecule has 0 atom stereocenters. The van der Waals surface area contributed by atoms with Gasteiger partial charge < -0.3 is 0 Å². The Morgan fingerprint density at radius 2 is 2.14 bits per heavy atom. The van der Waals surface area contributed by atoms with E-state index in [0.717, 1.165) is 6.20 Å². The van der Waals surface area contributed by atoms with E-state index in [1.807, 2.05) is 0 Å². The van der Waals surface area contributed by atoms with Crippen LogP contribution in [0, 0.1) is 11.8 Å². The van der Waals surface area contributed by atoms with Crippen molar-refractivity contribution in [3.63, 3.8) is 0 Å². The maximum atomic E-state index is 12.3. The van der Waals surface area contributed by atoms with Crippen molar-refractivity contribution in [2.24, 2.45) is 0 Å². The van der Waals surface area contributed by atoms with Gasteiger partial charge in [0.15, 0.2) is 5.69 Å². The Kier molecular flexibility index (Phi) is 3.37. The number of nitrogens with zero attached hydrogens (tertiary/aromatic N) is 1. The number of hydrogen-bond acceptors (Lipinski definition) is 1. The Bertz CT molecular complexity index is 376. The Labute approximate surface area is 83.9 Å². The second kappa shape index (κ2) is 4.34. The van der Waals surface area contributed by atoms with E-state index in [-0.39, 0.29) is 11.4 Å². The molecule has 0 amide bonds. The van der Waals surface area contributed by atoms with Crippen molar-refractivity contribution in [3.8, 4) is 11.8 Å². The quantitative estimate of drug-likeness (QED) is 0.483. The first-order chi connectivity index (χ1) is 6.55. The highest BCUT2D eigenvalue weighted by Crippen LogP contribution is 2.29. The van der Waals surface area contributed by atoms with E-state index >= 15 is 0 Å². The molecule has 0 unspecified atom stereocenters. The van der Waals surface area contributed by atoms with Crippen molar-refractivity contribution in [1.29, 1.82) is 0 Å². The first kappa shape index (κ1) is 10.9. The van der Waals surface area contributed by atoms with Gasteiger partial charge in [-0.3, -0.25) is 4.98 Å². The van der Waals surface area contributed by atoms with Crippen LogP contribution >= 0.6 is 11.6 Å². The first-order valence-corrected chi connectivity index (χ1v) is 4.16. The van der Waals surface area contributed by atoms with Crippen LogP contribution < -0.4 is 0 Å². The largest absolute Gasteiger partial charge is 0.434 e. The van der Waals surface area contributed by atoms with E-state index in [0.29, 0.717) is 0 Å². The summed E-state index contributed by atoms with van der Waals surface area (Å²) in [7, 11) is 0. The zero-order valence-electron chi connectivity index (χ0n) is 6.90. The molecule has 0 radical (unpaired) electrons. The molecule has 0 aliphatic heterocycles. The number of hydrogen-bond donors (Lipinski definition) is 0. The van der Waals surface area contributed by atoms with Crippen LogP contribution in [0.15, 0.2) is 18.3 Å². The second-order valence-corrected chi connectivity index (χ2v) is 2.60. The van der Waals surface area contributed by atoms with E-state index < -0.39 is 11.9 Å². The van der Waals surface area contributed by atoms with E-state index in [2.05, 4.69) is 16.8 Å². The molecule has 0 aromatic carbocycles. The lowest BCUT2D eigenvalue weighted by Crippen LogP contribution is -2.10. The van der Waals surface area contributed by atoms with Crippen molar-refractivity contribution in [2.75, 3.05) is 5.88 Å². The molecule has 1 rings (SSSR count). The van der Waals surface area contributed by atoms with Crippen molar-refractivity contribution in [2.45, 2.75) is 6.18 Å². The monoisotopic (exact) mass is 219 g/mol. The Balaban J connectivity index is 3.16. The summed E-state index contributed by atoms with van der Waals surface area (Å²) in [6, 6.07) is 2.66. The SMILES string of the molecule is FC(F)(F)c1ncccc1C#CCCl. The van der Waals surface area contributed by atoms with Crippen LogP contribution in [0.2, 0.25) is 0 Å². The highest BCUT2D eigenvalue weighted by molar-refractivity contribution is 6.19. The molecular formula is C9H5ClF3N. The van der Waals surface area contributed by atoms with Gasteiger partial charge in [0, 0.05) is 6.20 Å². The lowest BCUT2D eigenvalue weighted by molar-refractivity contribution is -0.141. The molecule has 0 aliphatic rings. The van der Waals surface area contributed by atoms with Gasteiger partial charge in [-0.05, 0) is 12.1 Å². The van der Waals surface area contributed by atoms with Crippen LogP contribution in [0.25, 0.3) is 0 Å². The minimum absolute atomic E-state index is 0.00775. The summed E-state index contributed by atoms with van der Waals surface area (Å²) >= 11 is 5.24. The molecule has 1 heterocycles. The summed E-state index contributed by atoms with van der Waals surface area (Å²) in [5.41, 5.74) is -1.13. The molecule has 0 aliphatic carbocycles. The lowest BCUT2D eigenvalue weighted by Gasteiger charge is -2.06. The molecule has 0 fully saturated rings. The average molecular weight is 220 g/mol. The maximum absolute atomic E-state index is 12.3. The number of alkyl halides is 4. The Hall–Kier alpha value is -1.21. The molecule has 74 valence electrons. The average Bonchev–Trinajstić information content (AvgIpc) is 2.14. The van der Waals surface area contributed by atoms with Crippen LogP contribution in [-0.2, 0) is 6.18 Å². The molecular weight excluding hydrogens is 215 g/mol. The van der Waals surface area contributed by atoms with Gasteiger partial charge >= 0.3 is 6.18 Å². The summed E-state index contributed by atoms with van der Waals surface area (Å²) in [6.45, 7) is 0. The zero-order chi connectivity index (χ0) is 10.6. The molecule has 1 nitrogen and oxygen atoms in total. The number of aromatic nitrogens is 1. The third kappa shape index (κ3) is 2.64. The highest BCUT2D eigenvalue weighted by Gasteiger charge is 2.34. The predicted octanol–water partition coefficient (Wildman–Crippen LogP) is 2.69. The van der Waals surface area contributed by atoms with Gasteiger partial charge in [-0.1, -0.05) is 11.8 Å². The third-order valence-electron chi connectivity index (χ3n) is 1.37. The summed E-state index contributed by atoms with van der Waals surface area (Å²) < 4.78 is 36.9. The first-order valence-electron chi connectivity index (χ1n) is 3.62. The summed E-state index contributed by atoms with van der Waals surface area (Å²) in [5, 5.41) is 0. The minimum atomic E-state index is -4.47. The van der Waals surface area contributed by atoms with Gasteiger partial charge in [-0.25, -0.2) is 0 Å². The van der Waals surface area contributed by atoms with Crippen molar-refractivity contribution in [3.05, 3.63) is 29.6 Å². The third-order valence-corrected chi connectivity index (χ3v) is 1.50. The number of pyridine rings is 1. The minimum Gasteiger partial charge on any atom is -0.251 e. The number of rotatable bonds is 0. The zero-order valence-corrected chi connectivity index (χ0v) is 7.65. The maximum Gasteiger partial charge on any atom is 0.434 e. The summed E-state index contributed by atoms with van der Waals surface area (Å²) in [6.07, 6.45) is -3.40. The fourth-order valence-electron chi connectivity index (χ4n) is 0.861. The summed E-state index contributed by atoms with van der Waals surface area (Å²) in [4.78, 5) is 3.23. The lowest BCUT2D eigenvalue weighted by atomic mass is 10.2. The van der Waals surface area contributed by atoms with Gasteiger partial charge in [0.05, 0.1) is 11.4 Å². The van der Waals surface area contributed by atoms with Crippen LogP contribution in [0.1, 0.15) is 11.3 Å². The van der Waals surface area contributed by atoms with Gasteiger partial charge in [0.2, 0.25) is 0 Å². The van der Waals surface area contributed by atoms with Crippen LogP contribution in [0.5, 0.6) is 0 Å². The van der Waals surface area contributed by atoms with Crippen LogP contribution in [-0.4, -0.2) is 10.9 Å². The molecule has 0 spiro atoms. The molecule has 1 aromatic heterocycles. The van der Waals surface area contributed by atoms with Crippen molar-refractivity contribution < 1.29 is 13.2 Å². The van der Waals surface area contributed by atoms with Gasteiger partial charge in [0.1, 0.15) is 0 Å². The fourth-order valence-corrected chi connectivity index (χ4v) is 0.928. The molecule has 1 aromatic rings. The summed E-state index contributed by atoms with van der Waals surface area (Å²) in [5.74, 6) is 4.65. The predicted molar refractivity (Wildman–Crippen MR) is 46.8 cm³/mol. The van der Waals surface area contributed by atoms with Crippen LogP contribution in [0.3, 0.4) is 0 Å². The van der Waals surface area contributed by atoms with Gasteiger partial charge in [0.25, 0.3) is 0 Å². The standard InChI is InChI=1S/C9H5ClF3N/c10-5-1-3-7-4-2-6-14-8(7)9(11,12)13/h2,4,6H,5H2. The van der Waals surface area contributed by atoms with Crippen molar-refractivity contribution >= 4 is 11.6 Å². The van der Waals surface area contributed by atoms with E-state index in [1.54, 1.807) is 0 Å². The van der Waals surface area contributed by atoms with Crippen LogP contribution in [0.4, 0.5) is 13.2 Å². The molecule has 14 heavy (non-hydrogen) atoms. The van der Waals surface area contributed by atoms with Crippen molar-refractivity contribution in [1.82, 2.24) is 4.98 Å². The van der Waals surface area contributed by atoms with Gasteiger partial charge in [-0.2, -0.15) is 13.2 Å².